The van der Waals surface area contributed by atoms with Crippen LogP contribution >= 0.6 is 0 Å². The van der Waals surface area contributed by atoms with Gasteiger partial charge in [0.1, 0.15) is 12.7 Å². The smallest absolute Gasteiger partial charge is 0.338 e. The first-order valence-electron chi connectivity index (χ1n) is 11.3. The van der Waals surface area contributed by atoms with Crippen LogP contribution in [0.4, 0.5) is 0 Å². The molecule has 37 heavy (non-hydrogen) atoms. The fraction of sp³-hybridized carbons (Fsp3) is 0.143. The second-order valence-electron chi connectivity index (χ2n) is 8.62. The number of benzene rings is 4. The lowest BCUT2D eigenvalue weighted by molar-refractivity contribution is 0.0472. The molecule has 0 aliphatic heterocycles. The van der Waals surface area contributed by atoms with E-state index in [2.05, 4.69) is 0 Å². The Kier molecular flexibility index (Phi) is 7.40. The number of esters is 1. The number of rotatable bonds is 8. The average Bonchev–Trinajstić information content (AvgIpc) is 2.90. The summed E-state index contributed by atoms with van der Waals surface area (Å²) in [6.45, 7) is -0.0378. The first kappa shape index (κ1) is 26.0. The van der Waals surface area contributed by atoms with Crippen molar-refractivity contribution in [1.82, 2.24) is 4.31 Å². The molecule has 8 nitrogen and oxygen atoms in total. The van der Waals surface area contributed by atoms with Crippen LogP contribution in [0.15, 0.2) is 89.8 Å². The summed E-state index contributed by atoms with van der Waals surface area (Å²) in [7, 11) is -0.641. The molecular formula is C28H25NO7S. The molecule has 4 rings (SSSR count). The van der Waals surface area contributed by atoms with Gasteiger partial charge in [-0.05, 0) is 63.9 Å². The number of aliphatic hydroxyl groups is 1. The Bertz CT molecular complexity index is 1580. The molecule has 0 bridgehead atoms. The average molecular weight is 520 g/mol. The van der Waals surface area contributed by atoms with Crippen LogP contribution in [-0.4, -0.2) is 49.0 Å². The van der Waals surface area contributed by atoms with Crippen molar-refractivity contribution in [3.63, 3.8) is 0 Å². The van der Waals surface area contributed by atoms with E-state index < -0.39 is 28.1 Å². The van der Waals surface area contributed by atoms with Crippen molar-refractivity contribution in [2.75, 3.05) is 14.1 Å². The summed E-state index contributed by atoms with van der Waals surface area (Å²) >= 11 is 0. The molecule has 0 heterocycles. The molecule has 0 aliphatic carbocycles. The molecule has 0 saturated carbocycles. The third-order valence-corrected chi connectivity index (χ3v) is 7.80. The van der Waals surface area contributed by atoms with Crippen molar-refractivity contribution in [2.45, 2.75) is 17.6 Å². The van der Waals surface area contributed by atoms with Gasteiger partial charge in [-0.15, -0.1) is 0 Å². The number of carbonyl (C=O) groups is 2. The van der Waals surface area contributed by atoms with Crippen molar-refractivity contribution in [3.8, 4) is 0 Å². The molecule has 1 atom stereocenters. The van der Waals surface area contributed by atoms with Crippen molar-refractivity contribution in [2.24, 2.45) is 0 Å². The van der Waals surface area contributed by atoms with Crippen LogP contribution in [0.3, 0.4) is 0 Å². The highest BCUT2D eigenvalue weighted by molar-refractivity contribution is 7.89. The van der Waals surface area contributed by atoms with E-state index in [1.165, 1.54) is 32.3 Å². The van der Waals surface area contributed by atoms with Crippen LogP contribution in [0.1, 0.15) is 43.5 Å². The van der Waals surface area contributed by atoms with Crippen molar-refractivity contribution in [3.05, 3.63) is 113 Å². The summed E-state index contributed by atoms with van der Waals surface area (Å²) in [5, 5.41) is 21.8. The van der Waals surface area contributed by atoms with Gasteiger partial charge in [-0.2, -0.15) is 0 Å². The lowest BCUT2D eigenvalue weighted by Crippen LogP contribution is -2.22. The van der Waals surface area contributed by atoms with Crippen LogP contribution in [0.2, 0.25) is 0 Å². The number of carboxylic acids is 1. The minimum atomic E-state index is -3.54. The molecule has 0 fully saturated rings. The van der Waals surface area contributed by atoms with Gasteiger partial charge in [-0.25, -0.2) is 22.3 Å². The number of fused-ring (bicyclic) bond motifs is 1. The normalized spacial score (nSPS) is 12.4. The number of ether oxygens (including phenoxy) is 1. The Hall–Kier alpha value is -4.05. The first-order chi connectivity index (χ1) is 17.6. The molecule has 0 aliphatic rings. The topological polar surface area (TPSA) is 121 Å². The highest BCUT2D eigenvalue weighted by Crippen LogP contribution is 2.28. The second kappa shape index (κ2) is 10.5. The fourth-order valence-corrected chi connectivity index (χ4v) is 4.77. The zero-order valence-electron chi connectivity index (χ0n) is 20.2. The van der Waals surface area contributed by atoms with E-state index >= 15 is 0 Å². The maximum atomic E-state index is 12.7. The number of hydrogen-bond donors (Lipinski definition) is 2. The molecule has 9 heteroatoms. The molecule has 0 saturated heterocycles. The Morgan fingerprint density at radius 3 is 2.24 bits per heavy atom. The van der Waals surface area contributed by atoms with Gasteiger partial charge in [-0.3, -0.25) is 0 Å². The Labute approximate surface area is 214 Å². The number of carbonyl (C=O) groups excluding carboxylic acids is 1. The highest BCUT2D eigenvalue weighted by atomic mass is 32.2. The Morgan fingerprint density at radius 1 is 0.892 bits per heavy atom. The molecule has 2 N–H and O–H groups in total. The number of aromatic carboxylic acids is 1. The minimum Gasteiger partial charge on any atom is -0.478 e. The lowest BCUT2D eigenvalue weighted by atomic mass is 9.94. The predicted molar refractivity (Wildman–Crippen MR) is 138 cm³/mol. The molecular weight excluding hydrogens is 494 g/mol. The maximum Gasteiger partial charge on any atom is 0.338 e. The second-order valence-corrected chi connectivity index (χ2v) is 10.8. The molecule has 4 aromatic rings. The third-order valence-electron chi connectivity index (χ3n) is 5.97. The van der Waals surface area contributed by atoms with Gasteiger partial charge in [0.25, 0.3) is 0 Å². The summed E-state index contributed by atoms with van der Waals surface area (Å²) in [4.78, 5) is 24.4. The van der Waals surface area contributed by atoms with Gasteiger partial charge in [0.05, 0.1) is 16.0 Å². The summed E-state index contributed by atoms with van der Waals surface area (Å²) in [5.74, 6) is -1.69. The zero-order valence-corrected chi connectivity index (χ0v) is 21.0. The van der Waals surface area contributed by atoms with E-state index in [1.54, 1.807) is 66.7 Å². The lowest BCUT2D eigenvalue weighted by Gasteiger charge is -2.15. The van der Waals surface area contributed by atoms with Gasteiger partial charge in [0, 0.05) is 14.1 Å². The SMILES string of the molecule is CN(C)S(=O)(=O)c1ccc(COC(=O)c2ccc3ccc(C(O)c4ccccc4C(=O)O)cc3c2)cc1. The standard InChI is InChI=1S/C28H25NO7S/c1-29(2)37(34,35)23-13-7-18(8-14-23)17-36-28(33)21-12-10-19-9-11-20(15-22(19)16-21)26(30)24-5-3-4-6-25(24)27(31)32/h3-16,26,30H,17H2,1-2H3,(H,31,32). The third kappa shape index (κ3) is 5.54. The van der Waals surface area contributed by atoms with E-state index in [4.69, 9.17) is 4.74 Å². The quantitative estimate of drug-likeness (QED) is 0.334. The predicted octanol–water partition coefficient (Wildman–Crippen LogP) is 4.23. The number of carboxylic acid groups (broad SMARTS) is 1. The molecule has 1 unspecified atom stereocenters. The van der Waals surface area contributed by atoms with Crippen LogP contribution in [0, 0.1) is 0 Å². The molecule has 0 spiro atoms. The zero-order chi connectivity index (χ0) is 26.7. The van der Waals surface area contributed by atoms with Gasteiger partial charge in [-0.1, -0.05) is 48.5 Å². The Morgan fingerprint density at radius 2 is 1.57 bits per heavy atom. The summed E-state index contributed by atoms with van der Waals surface area (Å²) in [6, 6.07) is 22.6. The number of nitrogens with zero attached hydrogens (tertiary/aromatic N) is 1. The molecule has 0 amide bonds. The van der Waals surface area contributed by atoms with E-state index in [0.717, 1.165) is 9.69 Å². The van der Waals surface area contributed by atoms with Crippen molar-refractivity contribution < 1.29 is 33.0 Å². The summed E-state index contributed by atoms with van der Waals surface area (Å²) < 4.78 is 30.9. The molecule has 190 valence electrons. The van der Waals surface area contributed by atoms with Gasteiger partial charge in [0.15, 0.2) is 0 Å². The monoisotopic (exact) mass is 519 g/mol. The minimum absolute atomic E-state index is 0.0137. The summed E-state index contributed by atoms with van der Waals surface area (Å²) in [6.07, 6.45) is -1.16. The van der Waals surface area contributed by atoms with E-state index in [-0.39, 0.29) is 22.6 Å². The molecule has 0 aromatic heterocycles. The maximum absolute atomic E-state index is 12.7. The van der Waals surface area contributed by atoms with E-state index in [0.29, 0.717) is 22.1 Å². The van der Waals surface area contributed by atoms with Gasteiger partial charge < -0.3 is 14.9 Å². The van der Waals surface area contributed by atoms with Crippen LogP contribution in [0.25, 0.3) is 10.8 Å². The van der Waals surface area contributed by atoms with E-state index in [9.17, 15) is 28.2 Å². The fourth-order valence-electron chi connectivity index (χ4n) is 3.87. The van der Waals surface area contributed by atoms with Gasteiger partial charge >= 0.3 is 11.9 Å². The number of hydrogen-bond acceptors (Lipinski definition) is 6. The first-order valence-corrected chi connectivity index (χ1v) is 12.7. The number of aliphatic hydroxyl groups excluding tert-OH is 1. The van der Waals surface area contributed by atoms with Crippen molar-refractivity contribution in [1.29, 1.82) is 0 Å². The summed E-state index contributed by atoms with van der Waals surface area (Å²) in [5.41, 5.74) is 1.71. The van der Waals surface area contributed by atoms with Crippen LogP contribution in [-0.2, 0) is 21.4 Å². The van der Waals surface area contributed by atoms with Crippen molar-refractivity contribution >= 4 is 32.7 Å². The molecule has 4 aromatic carbocycles. The highest BCUT2D eigenvalue weighted by Gasteiger charge is 2.19. The Balaban J connectivity index is 1.52. The number of sulfonamides is 1. The van der Waals surface area contributed by atoms with E-state index in [1.807, 2.05) is 0 Å². The van der Waals surface area contributed by atoms with Gasteiger partial charge in [0.2, 0.25) is 10.0 Å². The largest absolute Gasteiger partial charge is 0.478 e. The van der Waals surface area contributed by atoms with Crippen LogP contribution < -0.4 is 0 Å². The van der Waals surface area contributed by atoms with Crippen LogP contribution in [0.5, 0.6) is 0 Å². The molecule has 0 radical (unpaired) electrons.